The van der Waals surface area contributed by atoms with Gasteiger partial charge in [-0.25, -0.2) is 0 Å². The summed E-state index contributed by atoms with van der Waals surface area (Å²) in [5.41, 5.74) is 0.0880. The van der Waals surface area contributed by atoms with Crippen LogP contribution in [0, 0.1) is 0 Å². The highest BCUT2D eigenvalue weighted by Gasteiger charge is 2.48. The van der Waals surface area contributed by atoms with E-state index < -0.39 is 29.6 Å². The average molecular weight is 464 g/mol. The topological polar surface area (TPSA) is 18.5 Å². The molecule has 1 fully saturated rings. The first-order valence-corrected chi connectivity index (χ1v) is 10.4. The Bertz CT molecular complexity index is 1180. The lowest BCUT2D eigenvalue weighted by atomic mass is 9.92. The monoisotopic (exact) mass is 464 g/mol. The molecule has 0 amide bonds. The Morgan fingerprint density at radius 1 is 0.636 bits per heavy atom. The van der Waals surface area contributed by atoms with Gasteiger partial charge in [0, 0.05) is 11.8 Å². The number of fused-ring (bicyclic) bond motifs is 5. The van der Waals surface area contributed by atoms with Crippen LogP contribution in [0.2, 0.25) is 0 Å². The van der Waals surface area contributed by atoms with Crippen molar-refractivity contribution in [3.63, 3.8) is 0 Å². The van der Waals surface area contributed by atoms with Crippen LogP contribution in [-0.4, -0.2) is 6.10 Å². The van der Waals surface area contributed by atoms with Gasteiger partial charge in [0.2, 0.25) is 0 Å². The Balaban J connectivity index is 1.42. The van der Waals surface area contributed by atoms with Crippen molar-refractivity contribution in [3.8, 4) is 17.2 Å². The quantitative estimate of drug-likeness (QED) is 0.365. The summed E-state index contributed by atoms with van der Waals surface area (Å²) in [6.45, 7) is 0. The van der Waals surface area contributed by atoms with Crippen molar-refractivity contribution in [2.24, 2.45) is 0 Å². The van der Waals surface area contributed by atoms with Gasteiger partial charge in [-0.15, -0.1) is 0 Å². The molecule has 3 atom stereocenters. The van der Waals surface area contributed by atoms with E-state index in [-0.39, 0.29) is 29.1 Å². The van der Waals surface area contributed by atoms with E-state index in [1.807, 2.05) is 0 Å². The summed E-state index contributed by atoms with van der Waals surface area (Å²) in [5, 5.41) is 0. The second-order valence-electron chi connectivity index (χ2n) is 8.25. The van der Waals surface area contributed by atoms with Gasteiger partial charge in [-0.2, -0.15) is 26.3 Å². The smallest absolute Gasteiger partial charge is 0.419 e. The molecule has 0 aromatic heterocycles. The van der Waals surface area contributed by atoms with E-state index in [4.69, 9.17) is 9.47 Å². The van der Waals surface area contributed by atoms with Crippen LogP contribution in [0.1, 0.15) is 46.9 Å². The van der Waals surface area contributed by atoms with E-state index in [0.717, 1.165) is 36.1 Å². The molecular weight excluding hydrogens is 446 g/mol. The number of ether oxygens (including phenoxy) is 2. The molecule has 8 heteroatoms. The Kier molecular flexibility index (Phi) is 5.06. The van der Waals surface area contributed by atoms with Crippen LogP contribution < -0.4 is 9.47 Å². The molecule has 172 valence electrons. The molecule has 3 aromatic carbocycles. The SMILES string of the molecule is FC(F)(F)c1ccccc1Oc1ccc2c(c1)C1CCC2C1Oc1ccccc1C(F)(F)F. The second kappa shape index (κ2) is 7.71. The lowest BCUT2D eigenvalue weighted by Crippen LogP contribution is -2.21. The third-order valence-electron chi connectivity index (χ3n) is 6.31. The van der Waals surface area contributed by atoms with Crippen molar-refractivity contribution in [3.05, 3.63) is 89.0 Å². The lowest BCUT2D eigenvalue weighted by molar-refractivity contribution is -0.139. The predicted octanol–water partition coefficient (Wildman–Crippen LogP) is 7.94. The number of benzene rings is 3. The minimum atomic E-state index is -4.56. The predicted molar refractivity (Wildman–Crippen MR) is 109 cm³/mol. The molecule has 1 saturated carbocycles. The van der Waals surface area contributed by atoms with Gasteiger partial charge in [-0.1, -0.05) is 30.3 Å². The molecule has 0 radical (unpaired) electrons. The highest BCUT2D eigenvalue weighted by atomic mass is 19.4. The van der Waals surface area contributed by atoms with E-state index in [9.17, 15) is 26.3 Å². The second-order valence-corrected chi connectivity index (χ2v) is 8.25. The maximum absolute atomic E-state index is 13.4. The van der Waals surface area contributed by atoms with Crippen LogP contribution in [0.15, 0.2) is 66.7 Å². The van der Waals surface area contributed by atoms with E-state index >= 15 is 0 Å². The highest BCUT2D eigenvalue weighted by molar-refractivity contribution is 5.50. The van der Waals surface area contributed by atoms with Crippen LogP contribution in [0.3, 0.4) is 0 Å². The van der Waals surface area contributed by atoms with Gasteiger partial charge in [-0.05, 0) is 60.4 Å². The summed E-state index contributed by atoms with van der Waals surface area (Å²) in [7, 11) is 0. The molecule has 3 aromatic rings. The first-order valence-electron chi connectivity index (χ1n) is 10.4. The van der Waals surface area contributed by atoms with Crippen molar-refractivity contribution in [2.45, 2.75) is 43.1 Å². The third-order valence-corrected chi connectivity index (χ3v) is 6.31. The number of hydrogen-bond donors (Lipinski definition) is 0. The Labute approximate surface area is 185 Å². The minimum Gasteiger partial charge on any atom is -0.489 e. The van der Waals surface area contributed by atoms with Crippen molar-refractivity contribution in [2.75, 3.05) is 0 Å². The van der Waals surface area contributed by atoms with E-state index in [0.29, 0.717) is 0 Å². The lowest BCUT2D eigenvalue weighted by Gasteiger charge is -2.21. The van der Waals surface area contributed by atoms with Crippen LogP contribution >= 0.6 is 0 Å². The van der Waals surface area contributed by atoms with E-state index in [1.165, 1.54) is 36.4 Å². The maximum atomic E-state index is 13.4. The third kappa shape index (κ3) is 3.92. The van der Waals surface area contributed by atoms with Gasteiger partial charge in [0.05, 0.1) is 11.1 Å². The zero-order chi connectivity index (χ0) is 23.4. The Hall–Kier alpha value is -3.16. The van der Waals surface area contributed by atoms with Gasteiger partial charge in [0.1, 0.15) is 23.4 Å². The van der Waals surface area contributed by atoms with Crippen LogP contribution in [0.25, 0.3) is 0 Å². The van der Waals surface area contributed by atoms with Crippen LogP contribution in [0.5, 0.6) is 17.2 Å². The summed E-state index contributed by atoms with van der Waals surface area (Å²) >= 11 is 0. The first-order chi connectivity index (χ1) is 15.6. The fourth-order valence-corrected chi connectivity index (χ4v) is 4.94. The molecule has 0 spiro atoms. The standard InChI is InChI=1S/C25H18F6O2/c26-24(27,28)19-5-1-3-7-21(19)32-14-9-10-15-16-11-12-17(18(15)13-14)23(16)33-22-8-4-2-6-20(22)25(29,30)31/h1-10,13,16-17,23H,11-12H2. The molecule has 2 bridgehead atoms. The molecular formula is C25H18F6O2. The van der Waals surface area contributed by atoms with Crippen molar-refractivity contribution in [1.82, 2.24) is 0 Å². The van der Waals surface area contributed by atoms with Crippen LogP contribution in [0.4, 0.5) is 26.3 Å². The largest absolute Gasteiger partial charge is 0.489 e. The maximum Gasteiger partial charge on any atom is 0.419 e. The van der Waals surface area contributed by atoms with Gasteiger partial charge in [-0.3, -0.25) is 0 Å². The van der Waals surface area contributed by atoms with Crippen molar-refractivity contribution < 1.29 is 35.8 Å². The first kappa shape index (κ1) is 21.7. The fraction of sp³-hybridized carbons (Fsp3) is 0.280. The zero-order valence-electron chi connectivity index (χ0n) is 17.1. The zero-order valence-corrected chi connectivity index (χ0v) is 17.1. The summed E-state index contributed by atoms with van der Waals surface area (Å²) in [6, 6.07) is 15.1. The van der Waals surface area contributed by atoms with Crippen molar-refractivity contribution in [1.29, 1.82) is 0 Å². The van der Waals surface area contributed by atoms with E-state index in [2.05, 4.69) is 0 Å². The Morgan fingerprint density at radius 2 is 1.18 bits per heavy atom. The van der Waals surface area contributed by atoms with Gasteiger partial charge < -0.3 is 9.47 Å². The van der Waals surface area contributed by atoms with E-state index in [1.54, 1.807) is 18.2 Å². The highest BCUT2D eigenvalue weighted by Crippen LogP contribution is 2.56. The Morgan fingerprint density at radius 3 is 1.82 bits per heavy atom. The number of rotatable bonds is 4. The molecule has 2 aliphatic rings. The summed E-state index contributed by atoms with van der Waals surface area (Å²) in [4.78, 5) is 0. The molecule has 3 unspecified atom stereocenters. The fourth-order valence-electron chi connectivity index (χ4n) is 4.94. The average Bonchev–Trinajstić information content (AvgIpc) is 3.28. The minimum absolute atomic E-state index is 0.0807. The summed E-state index contributed by atoms with van der Waals surface area (Å²) in [5.74, 6) is -0.516. The summed E-state index contributed by atoms with van der Waals surface area (Å²) < 4.78 is 91.6. The number of hydrogen-bond acceptors (Lipinski definition) is 2. The molecule has 0 saturated heterocycles. The molecule has 2 aliphatic carbocycles. The number of alkyl halides is 6. The summed E-state index contributed by atoms with van der Waals surface area (Å²) in [6.07, 6.45) is -8.07. The van der Waals surface area contributed by atoms with Gasteiger partial charge in [0.15, 0.2) is 0 Å². The van der Waals surface area contributed by atoms with Crippen LogP contribution in [-0.2, 0) is 12.4 Å². The molecule has 0 N–H and O–H groups in total. The molecule has 0 heterocycles. The normalized spacial score (nSPS) is 21.7. The number of halogens is 6. The van der Waals surface area contributed by atoms with Gasteiger partial charge in [0.25, 0.3) is 0 Å². The van der Waals surface area contributed by atoms with Gasteiger partial charge >= 0.3 is 12.4 Å². The van der Waals surface area contributed by atoms with Crippen molar-refractivity contribution >= 4 is 0 Å². The molecule has 33 heavy (non-hydrogen) atoms. The number of para-hydroxylation sites is 2. The molecule has 5 rings (SSSR count). The molecule has 2 nitrogen and oxygen atoms in total. The molecule has 0 aliphatic heterocycles.